The molecular formula is C15H32N2S. The van der Waals surface area contributed by atoms with E-state index in [1.165, 1.54) is 50.3 Å². The Morgan fingerprint density at radius 1 is 1.28 bits per heavy atom. The highest BCUT2D eigenvalue weighted by molar-refractivity contribution is 7.99. The number of nitrogens with zero attached hydrogens (tertiary/aromatic N) is 1. The predicted molar refractivity (Wildman–Crippen MR) is 84.5 cm³/mol. The van der Waals surface area contributed by atoms with Gasteiger partial charge in [-0.3, -0.25) is 0 Å². The number of hydrogen-bond donors (Lipinski definition) is 1. The Balaban J connectivity index is 2.57. The molecule has 0 radical (unpaired) electrons. The second-order valence-electron chi connectivity index (χ2n) is 5.60. The fraction of sp³-hybridized carbons (Fsp3) is 1.00. The van der Waals surface area contributed by atoms with Crippen molar-refractivity contribution in [2.24, 2.45) is 5.92 Å². The van der Waals surface area contributed by atoms with Crippen LogP contribution in [0.5, 0.6) is 0 Å². The zero-order valence-corrected chi connectivity index (χ0v) is 13.6. The number of rotatable bonds is 8. The SMILES string of the molecule is CCCNC(CC(CC)CC)C1CSCCN1C. The summed E-state index contributed by atoms with van der Waals surface area (Å²) in [6.07, 6.45) is 5.24. The van der Waals surface area contributed by atoms with Gasteiger partial charge < -0.3 is 10.2 Å². The molecule has 1 heterocycles. The van der Waals surface area contributed by atoms with Crippen molar-refractivity contribution in [2.45, 2.75) is 58.5 Å². The summed E-state index contributed by atoms with van der Waals surface area (Å²) < 4.78 is 0. The third-order valence-corrected chi connectivity index (χ3v) is 5.35. The fourth-order valence-corrected chi connectivity index (χ4v) is 4.13. The van der Waals surface area contributed by atoms with Crippen LogP contribution >= 0.6 is 11.8 Å². The van der Waals surface area contributed by atoms with Gasteiger partial charge in [0, 0.05) is 30.1 Å². The maximum atomic E-state index is 3.81. The summed E-state index contributed by atoms with van der Waals surface area (Å²) in [6.45, 7) is 9.36. The summed E-state index contributed by atoms with van der Waals surface area (Å²) in [5.41, 5.74) is 0. The standard InChI is InChI=1S/C15H32N2S/c1-5-8-16-14(11-13(6-2)7-3)15-12-18-10-9-17(15)4/h13-16H,5-12H2,1-4H3. The van der Waals surface area contributed by atoms with Crippen molar-refractivity contribution in [1.29, 1.82) is 0 Å². The zero-order valence-electron chi connectivity index (χ0n) is 12.7. The summed E-state index contributed by atoms with van der Waals surface area (Å²) in [4.78, 5) is 2.58. The molecule has 0 spiro atoms. The molecule has 0 aromatic rings. The van der Waals surface area contributed by atoms with Gasteiger partial charge in [0.1, 0.15) is 0 Å². The van der Waals surface area contributed by atoms with Gasteiger partial charge in [-0.1, -0.05) is 33.6 Å². The van der Waals surface area contributed by atoms with E-state index >= 15 is 0 Å². The van der Waals surface area contributed by atoms with Crippen molar-refractivity contribution >= 4 is 11.8 Å². The molecular weight excluding hydrogens is 240 g/mol. The normalized spacial score (nSPS) is 23.5. The topological polar surface area (TPSA) is 15.3 Å². The zero-order chi connectivity index (χ0) is 13.4. The van der Waals surface area contributed by atoms with Crippen LogP contribution in [0.4, 0.5) is 0 Å². The van der Waals surface area contributed by atoms with Crippen LogP contribution in [0.3, 0.4) is 0 Å². The van der Waals surface area contributed by atoms with Gasteiger partial charge in [-0.2, -0.15) is 11.8 Å². The average molecular weight is 273 g/mol. The number of hydrogen-bond acceptors (Lipinski definition) is 3. The summed E-state index contributed by atoms with van der Waals surface area (Å²) in [7, 11) is 2.30. The number of thioether (sulfide) groups is 1. The molecule has 0 aromatic carbocycles. The van der Waals surface area contributed by atoms with Crippen LogP contribution in [-0.4, -0.2) is 48.6 Å². The van der Waals surface area contributed by atoms with Crippen LogP contribution < -0.4 is 5.32 Å². The lowest BCUT2D eigenvalue weighted by atomic mass is 9.91. The molecule has 1 N–H and O–H groups in total. The van der Waals surface area contributed by atoms with Gasteiger partial charge in [-0.25, -0.2) is 0 Å². The van der Waals surface area contributed by atoms with E-state index in [1.54, 1.807) is 0 Å². The van der Waals surface area contributed by atoms with Gasteiger partial charge in [-0.15, -0.1) is 0 Å². The summed E-state index contributed by atoms with van der Waals surface area (Å²) in [5.74, 6) is 3.50. The minimum Gasteiger partial charge on any atom is -0.312 e. The Hall–Kier alpha value is 0.270. The van der Waals surface area contributed by atoms with E-state index in [2.05, 4.69) is 49.8 Å². The molecule has 0 aromatic heterocycles. The lowest BCUT2D eigenvalue weighted by molar-refractivity contribution is 0.191. The quantitative estimate of drug-likeness (QED) is 0.730. The summed E-state index contributed by atoms with van der Waals surface area (Å²) in [6, 6.07) is 1.42. The highest BCUT2D eigenvalue weighted by atomic mass is 32.2. The van der Waals surface area contributed by atoms with Crippen molar-refractivity contribution in [3.05, 3.63) is 0 Å². The van der Waals surface area contributed by atoms with E-state index in [4.69, 9.17) is 0 Å². The van der Waals surface area contributed by atoms with Crippen molar-refractivity contribution in [1.82, 2.24) is 10.2 Å². The highest BCUT2D eigenvalue weighted by Crippen LogP contribution is 2.23. The molecule has 108 valence electrons. The van der Waals surface area contributed by atoms with E-state index in [0.717, 1.165) is 12.0 Å². The minimum absolute atomic E-state index is 0.688. The molecule has 2 unspecified atom stereocenters. The molecule has 1 fully saturated rings. The molecule has 0 bridgehead atoms. The molecule has 1 aliphatic heterocycles. The predicted octanol–water partition coefficient (Wildman–Crippen LogP) is 3.23. The van der Waals surface area contributed by atoms with Gasteiger partial charge in [-0.05, 0) is 32.4 Å². The molecule has 1 saturated heterocycles. The first kappa shape index (κ1) is 16.3. The van der Waals surface area contributed by atoms with Crippen molar-refractivity contribution in [3.8, 4) is 0 Å². The largest absolute Gasteiger partial charge is 0.312 e. The molecule has 0 saturated carbocycles. The van der Waals surface area contributed by atoms with Crippen molar-refractivity contribution in [2.75, 3.05) is 31.6 Å². The summed E-state index contributed by atoms with van der Waals surface area (Å²) >= 11 is 2.13. The number of nitrogens with one attached hydrogen (secondary N) is 1. The van der Waals surface area contributed by atoms with Crippen LogP contribution in [-0.2, 0) is 0 Å². The Kier molecular flexibility index (Phi) is 8.36. The van der Waals surface area contributed by atoms with Crippen LogP contribution in [0.1, 0.15) is 46.5 Å². The van der Waals surface area contributed by atoms with Gasteiger partial charge in [0.2, 0.25) is 0 Å². The molecule has 18 heavy (non-hydrogen) atoms. The first-order valence-corrected chi connectivity index (χ1v) is 8.89. The second kappa shape index (κ2) is 9.22. The number of likely N-dealkylation sites (N-methyl/N-ethyl adjacent to an activating group) is 1. The first-order chi connectivity index (χ1) is 8.72. The summed E-state index contributed by atoms with van der Waals surface area (Å²) in [5, 5.41) is 3.81. The maximum absolute atomic E-state index is 3.81. The monoisotopic (exact) mass is 272 g/mol. The van der Waals surface area contributed by atoms with Crippen LogP contribution in [0.25, 0.3) is 0 Å². The molecule has 1 rings (SSSR count). The molecule has 0 amide bonds. The lowest BCUT2D eigenvalue weighted by Crippen LogP contribution is -2.53. The third kappa shape index (κ3) is 5.10. The van der Waals surface area contributed by atoms with Gasteiger partial charge >= 0.3 is 0 Å². The molecule has 0 aliphatic carbocycles. The minimum atomic E-state index is 0.688. The van der Waals surface area contributed by atoms with E-state index in [0.29, 0.717) is 6.04 Å². The molecule has 1 aliphatic rings. The van der Waals surface area contributed by atoms with Gasteiger partial charge in [0.15, 0.2) is 0 Å². The maximum Gasteiger partial charge on any atom is 0.0337 e. The van der Waals surface area contributed by atoms with Gasteiger partial charge in [0.25, 0.3) is 0 Å². The van der Waals surface area contributed by atoms with E-state index in [1.807, 2.05) is 0 Å². The Labute approximate surface area is 118 Å². The van der Waals surface area contributed by atoms with Crippen LogP contribution in [0, 0.1) is 5.92 Å². The Morgan fingerprint density at radius 2 is 2.00 bits per heavy atom. The van der Waals surface area contributed by atoms with Crippen LogP contribution in [0.2, 0.25) is 0 Å². The molecule has 2 nitrogen and oxygen atoms in total. The van der Waals surface area contributed by atoms with Crippen molar-refractivity contribution in [3.63, 3.8) is 0 Å². The smallest absolute Gasteiger partial charge is 0.0337 e. The van der Waals surface area contributed by atoms with Gasteiger partial charge in [0.05, 0.1) is 0 Å². The average Bonchev–Trinajstić information content (AvgIpc) is 2.40. The van der Waals surface area contributed by atoms with E-state index in [-0.39, 0.29) is 0 Å². The Bertz CT molecular complexity index is 207. The van der Waals surface area contributed by atoms with Crippen LogP contribution in [0.15, 0.2) is 0 Å². The first-order valence-electron chi connectivity index (χ1n) is 7.74. The fourth-order valence-electron chi connectivity index (χ4n) is 2.82. The molecule has 3 heteroatoms. The molecule has 2 atom stereocenters. The lowest BCUT2D eigenvalue weighted by Gasteiger charge is -2.39. The van der Waals surface area contributed by atoms with E-state index < -0.39 is 0 Å². The highest BCUT2D eigenvalue weighted by Gasteiger charge is 2.28. The van der Waals surface area contributed by atoms with E-state index in [9.17, 15) is 0 Å². The van der Waals surface area contributed by atoms with Crippen molar-refractivity contribution < 1.29 is 0 Å². The second-order valence-corrected chi connectivity index (χ2v) is 6.75. The Morgan fingerprint density at radius 3 is 2.56 bits per heavy atom. The third-order valence-electron chi connectivity index (χ3n) is 4.31.